The summed E-state index contributed by atoms with van der Waals surface area (Å²) in [5.74, 6) is 3.00. The Morgan fingerprint density at radius 3 is 2.55 bits per heavy atom. The molecule has 0 saturated carbocycles. The summed E-state index contributed by atoms with van der Waals surface area (Å²) in [5.41, 5.74) is 5.71. The summed E-state index contributed by atoms with van der Waals surface area (Å²) in [7, 11) is 0. The molecule has 0 amide bonds. The first kappa shape index (κ1) is 18.3. The number of rotatable bonds is 3. The van der Waals surface area contributed by atoms with Crippen molar-refractivity contribution in [3.63, 3.8) is 0 Å². The van der Waals surface area contributed by atoms with Crippen molar-refractivity contribution in [2.75, 3.05) is 6.79 Å². The summed E-state index contributed by atoms with van der Waals surface area (Å²) in [6.07, 6.45) is 0.563. The highest BCUT2D eigenvalue weighted by atomic mass is 16.7. The molecule has 31 heavy (non-hydrogen) atoms. The summed E-state index contributed by atoms with van der Waals surface area (Å²) in [5, 5.41) is 7.17. The van der Waals surface area contributed by atoms with E-state index in [1.165, 1.54) is 11.1 Å². The number of ether oxygens (including phenoxy) is 3. The van der Waals surface area contributed by atoms with Crippen LogP contribution in [-0.4, -0.2) is 17.5 Å². The Hall–Kier alpha value is -3.47. The topological polar surface area (TPSA) is 43.3 Å². The van der Waals surface area contributed by atoms with Gasteiger partial charge in [-0.2, -0.15) is 5.10 Å². The molecule has 0 unspecified atom stereocenters. The van der Waals surface area contributed by atoms with Gasteiger partial charge in [-0.3, -0.25) is 0 Å². The molecule has 0 bridgehead atoms. The molecule has 2 atom stereocenters. The fourth-order valence-corrected chi connectivity index (χ4v) is 4.55. The van der Waals surface area contributed by atoms with Crippen molar-refractivity contribution in [3.05, 3.63) is 89.0 Å². The first-order valence-corrected chi connectivity index (χ1v) is 10.8. The summed E-state index contributed by atoms with van der Waals surface area (Å²) < 4.78 is 17.5. The monoisotopic (exact) mass is 412 g/mol. The van der Waals surface area contributed by atoms with Gasteiger partial charge in [0.2, 0.25) is 13.0 Å². The zero-order valence-electron chi connectivity index (χ0n) is 17.6. The number of fused-ring (bicyclic) bond motifs is 4. The molecule has 6 rings (SSSR count). The van der Waals surface area contributed by atoms with E-state index in [4.69, 9.17) is 19.3 Å². The number of nitrogens with zero attached hydrogens (tertiary/aromatic N) is 2. The van der Waals surface area contributed by atoms with Gasteiger partial charge in [-0.05, 0) is 35.7 Å². The second-order valence-corrected chi connectivity index (χ2v) is 8.54. The predicted molar refractivity (Wildman–Crippen MR) is 119 cm³/mol. The highest BCUT2D eigenvalue weighted by molar-refractivity contribution is 6.02. The molecule has 5 heteroatoms. The highest BCUT2D eigenvalue weighted by Crippen LogP contribution is 2.48. The average molecular weight is 412 g/mol. The molecular formula is C26H24N2O3. The Kier molecular flexibility index (Phi) is 4.16. The molecule has 0 saturated heterocycles. The molecule has 0 fully saturated rings. The van der Waals surface area contributed by atoms with Crippen LogP contribution in [0.5, 0.6) is 17.2 Å². The third-order valence-electron chi connectivity index (χ3n) is 6.29. The van der Waals surface area contributed by atoms with Crippen LogP contribution in [0.3, 0.4) is 0 Å². The number of benzene rings is 3. The Labute approximate surface area is 181 Å². The molecule has 156 valence electrons. The molecule has 3 aromatic rings. The fourth-order valence-electron chi connectivity index (χ4n) is 4.55. The Balaban J connectivity index is 1.40. The third kappa shape index (κ3) is 3.03. The molecule has 3 aliphatic rings. The Morgan fingerprint density at radius 2 is 1.71 bits per heavy atom. The van der Waals surface area contributed by atoms with Crippen LogP contribution in [0.15, 0.2) is 71.8 Å². The minimum atomic E-state index is -0.257. The van der Waals surface area contributed by atoms with Gasteiger partial charge in [-0.25, -0.2) is 5.01 Å². The van der Waals surface area contributed by atoms with Gasteiger partial charge in [0.05, 0.1) is 11.8 Å². The quantitative estimate of drug-likeness (QED) is 0.547. The largest absolute Gasteiger partial charge is 0.464 e. The second kappa shape index (κ2) is 7.05. The normalized spacial score (nSPS) is 20.9. The van der Waals surface area contributed by atoms with E-state index in [2.05, 4.69) is 67.4 Å². The highest BCUT2D eigenvalue weighted by Gasteiger charge is 2.41. The SMILES string of the molecule is CC(C)c1ccc([C@H]2Oc3ccccc3[C@@H]3CC(c4ccc5c(c4)OCO5)=NN23)cc1. The molecular weight excluding hydrogens is 388 g/mol. The van der Waals surface area contributed by atoms with Crippen molar-refractivity contribution < 1.29 is 14.2 Å². The van der Waals surface area contributed by atoms with Crippen LogP contribution in [0.4, 0.5) is 0 Å². The van der Waals surface area contributed by atoms with Crippen molar-refractivity contribution in [1.82, 2.24) is 5.01 Å². The van der Waals surface area contributed by atoms with Crippen LogP contribution in [0.25, 0.3) is 0 Å². The number of hydrogen-bond acceptors (Lipinski definition) is 5. The number of hydrazone groups is 1. The molecule has 0 spiro atoms. The molecule has 0 N–H and O–H groups in total. The lowest BCUT2D eigenvalue weighted by Gasteiger charge is -2.38. The van der Waals surface area contributed by atoms with Crippen LogP contribution in [0, 0.1) is 0 Å². The van der Waals surface area contributed by atoms with Gasteiger partial charge in [-0.1, -0.05) is 56.3 Å². The van der Waals surface area contributed by atoms with Crippen LogP contribution in [0.2, 0.25) is 0 Å². The summed E-state index contributed by atoms with van der Waals surface area (Å²) >= 11 is 0. The standard InChI is InChI=1S/C26H24N2O3/c1-16(2)17-7-9-18(10-8-17)26-28-22(20-5-3-4-6-23(20)31-26)14-21(27-28)19-11-12-24-25(13-19)30-15-29-24/h3-13,16,22,26H,14-15H2,1-2H3/t22-,26+/m0/s1. The molecule has 0 radical (unpaired) electrons. The summed E-state index contributed by atoms with van der Waals surface area (Å²) in [4.78, 5) is 0. The van der Waals surface area contributed by atoms with Crippen molar-refractivity contribution >= 4 is 5.71 Å². The van der Waals surface area contributed by atoms with E-state index in [0.717, 1.165) is 40.5 Å². The zero-order valence-corrected chi connectivity index (χ0v) is 17.6. The van der Waals surface area contributed by atoms with E-state index in [1.807, 2.05) is 18.2 Å². The van der Waals surface area contributed by atoms with Crippen LogP contribution >= 0.6 is 0 Å². The molecule has 3 heterocycles. The fraction of sp³-hybridized carbons (Fsp3) is 0.269. The van der Waals surface area contributed by atoms with E-state index in [9.17, 15) is 0 Å². The van der Waals surface area contributed by atoms with Gasteiger partial charge in [0.1, 0.15) is 5.75 Å². The summed E-state index contributed by atoms with van der Waals surface area (Å²) in [6.45, 7) is 4.69. The van der Waals surface area contributed by atoms with Gasteiger partial charge in [0.25, 0.3) is 0 Å². The lowest BCUT2D eigenvalue weighted by Crippen LogP contribution is -2.33. The van der Waals surface area contributed by atoms with E-state index in [1.54, 1.807) is 0 Å². The maximum atomic E-state index is 6.46. The van der Waals surface area contributed by atoms with Crippen molar-refractivity contribution in [1.29, 1.82) is 0 Å². The van der Waals surface area contributed by atoms with Gasteiger partial charge >= 0.3 is 0 Å². The van der Waals surface area contributed by atoms with E-state index in [-0.39, 0.29) is 19.1 Å². The van der Waals surface area contributed by atoms with Crippen molar-refractivity contribution in [3.8, 4) is 17.2 Å². The van der Waals surface area contributed by atoms with Gasteiger partial charge in [0.15, 0.2) is 11.5 Å². The minimum absolute atomic E-state index is 0.139. The van der Waals surface area contributed by atoms with Gasteiger partial charge in [0, 0.05) is 23.1 Å². The molecule has 3 aromatic carbocycles. The first-order chi connectivity index (χ1) is 15.2. The van der Waals surface area contributed by atoms with Crippen LogP contribution in [0.1, 0.15) is 60.7 Å². The summed E-state index contributed by atoms with van der Waals surface area (Å²) in [6, 6.07) is 23.2. The molecule has 0 aliphatic carbocycles. The number of para-hydroxylation sites is 1. The van der Waals surface area contributed by atoms with E-state index >= 15 is 0 Å². The van der Waals surface area contributed by atoms with Crippen molar-refractivity contribution in [2.45, 2.75) is 38.5 Å². The second-order valence-electron chi connectivity index (χ2n) is 8.54. The van der Waals surface area contributed by atoms with E-state index in [0.29, 0.717) is 5.92 Å². The van der Waals surface area contributed by atoms with Gasteiger partial charge < -0.3 is 14.2 Å². The van der Waals surface area contributed by atoms with E-state index < -0.39 is 0 Å². The average Bonchev–Trinajstić information content (AvgIpc) is 3.45. The smallest absolute Gasteiger partial charge is 0.231 e. The zero-order chi connectivity index (χ0) is 20.9. The van der Waals surface area contributed by atoms with Crippen LogP contribution in [-0.2, 0) is 0 Å². The maximum absolute atomic E-state index is 6.46. The maximum Gasteiger partial charge on any atom is 0.231 e. The Bertz CT molecular complexity index is 1170. The van der Waals surface area contributed by atoms with Gasteiger partial charge in [-0.15, -0.1) is 0 Å². The molecule has 3 aliphatic heterocycles. The molecule has 0 aromatic heterocycles. The van der Waals surface area contributed by atoms with Crippen LogP contribution < -0.4 is 14.2 Å². The minimum Gasteiger partial charge on any atom is -0.464 e. The Morgan fingerprint density at radius 1 is 0.903 bits per heavy atom. The first-order valence-electron chi connectivity index (χ1n) is 10.8. The lowest BCUT2D eigenvalue weighted by atomic mass is 9.95. The third-order valence-corrected chi connectivity index (χ3v) is 6.29. The predicted octanol–water partition coefficient (Wildman–Crippen LogP) is 5.78. The number of hydrogen-bond donors (Lipinski definition) is 0. The molecule has 5 nitrogen and oxygen atoms in total. The lowest BCUT2D eigenvalue weighted by molar-refractivity contribution is -0.0190. The van der Waals surface area contributed by atoms with Crippen molar-refractivity contribution in [2.24, 2.45) is 5.10 Å².